The minimum absolute atomic E-state index is 0.0937. The maximum atomic E-state index is 11.8. The number of carbonyl (C=O) groups excluding carboxylic acids is 1. The van der Waals surface area contributed by atoms with Crippen molar-refractivity contribution in [3.05, 3.63) is 11.4 Å². The molecule has 110 valence electrons. The summed E-state index contributed by atoms with van der Waals surface area (Å²) in [6, 6.07) is -0.952. The Labute approximate surface area is 117 Å². The summed E-state index contributed by atoms with van der Waals surface area (Å²) in [5.41, 5.74) is 1.36. The van der Waals surface area contributed by atoms with E-state index < -0.39 is 18.0 Å². The molecule has 0 radical (unpaired) electrons. The summed E-state index contributed by atoms with van der Waals surface area (Å²) >= 11 is 0. The van der Waals surface area contributed by atoms with Gasteiger partial charge in [0.25, 0.3) is 5.95 Å². The summed E-state index contributed by atoms with van der Waals surface area (Å²) in [6.45, 7) is 5.45. The Bertz CT molecular complexity index is 492. The number of carboxylic acid groups (broad SMARTS) is 1. The number of hydrogen-bond acceptors (Lipinski definition) is 5. The first-order valence-electron chi connectivity index (χ1n) is 6.39. The number of aryl methyl sites for hydroxylation is 2. The normalized spacial score (nSPS) is 11.8. The number of rotatable bonds is 6. The molecule has 1 rings (SSSR count). The van der Waals surface area contributed by atoms with Gasteiger partial charge in [-0.1, -0.05) is 13.3 Å². The van der Waals surface area contributed by atoms with Crippen LogP contribution >= 0.6 is 0 Å². The molecule has 0 aliphatic heterocycles. The van der Waals surface area contributed by atoms with Crippen LogP contribution in [0, 0.1) is 13.8 Å². The lowest BCUT2D eigenvalue weighted by Gasteiger charge is -2.16. The summed E-state index contributed by atoms with van der Waals surface area (Å²) in [6.07, 6.45) is 1.25. The van der Waals surface area contributed by atoms with Gasteiger partial charge in [0, 0.05) is 6.04 Å². The molecule has 2 amide bonds. The summed E-state index contributed by atoms with van der Waals surface area (Å²) in [4.78, 5) is 26.5. The first-order chi connectivity index (χ1) is 9.42. The standard InChI is InChI=1S/C12H19N5O3/c1-4-5-9(6-10(18)19)14-12(20)15-11-13-7(2)8(3)16-17-11/h9H,4-6H2,1-3H3,(H,18,19)(H2,13,14,15,17,20). The van der Waals surface area contributed by atoms with Crippen molar-refractivity contribution in [1.29, 1.82) is 0 Å². The second-order valence-electron chi connectivity index (χ2n) is 4.49. The Hall–Kier alpha value is -2.25. The van der Waals surface area contributed by atoms with E-state index in [9.17, 15) is 9.59 Å². The molecule has 0 fully saturated rings. The fourth-order valence-electron chi connectivity index (χ4n) is 1.62. The third kappa shape index (κ3) is 5.17. The van der Waals surface area contributed by atoms with E-state index in [1.165, 1.54) is 0 Å². The van der Waals surface area contributed by atoms with Crippen LogP contribution in [-0.4, -0.2) is 38.3 Å². The smallest absolute Gasteiger partial charge is 0.321 e. The molecular weight excluding hydrogens is 262 g/mol. The molecule has 20 heavy (non-hydrogen) atoms. The van der Waals surface area contributed by atoms with Gasteiger partial charge >= 0.3 is 12.0 Å². The van der Waals surface area contributed by atoms with Gasteiger partial charge < -0.3 is 10.4 Å². The van der Waals surface area contributed by atoms with Gasteiger partial charge in [-0.25, -0.2) is 9.78 Å². The van der Waals surface area contributed by atoms with Crippen LogP contribution in [0.5, 0.6) is 0 Å². The molecule has 0 aliphatic carbocycles. The zero-order valence-corrected chi connectivity index (χ0v) is 11.8. The molecule has 8 nitrogen and oxygen atoms in total. The molecule has 0 aromatic carbocycles. The zero-order valence-electron chi connectivity index (χ0n) is 11.8. The van der Waals surface area contributed by atoms with E-state index in [4.69, 9.17) is 5.11 Å². The van der Waals surface area contributed by atoms with Crippen molar-refractivity contribution in [3.63, 3.8) is 0 Å². The zero-order chi connectivity index (χ0) is 15.1. The van der Waals surface area contributed by atoms with Crippen LogP contribution in [-0.2, 0) is 4.79 Å². The third-order valence-corrected chi connectivity index (χ3v) is 2.71. The molecule has 8 heteroatoms. The van der Waals surface area contributed by atoms with Crippen LogP contribution in [0.3, 0.4) is 0 Å². The Morgan fingerprint density at radius 1 is 1.25 bits per heavy atom. The topological polar surface area (TPSA) is 117 Å². The van der Waals surface area contributed by atoms with Crippen LogP contribution in [0.1, 0.15) is 37.6 Å². The second-order valence-corrected chi connectivity index (χ2v) is 4.49. The molecule has 1 aromatic heterocycles. The average molecular weight is 281 g/mol. The number of urea groups is 1. The van der Waals surface area contributed by atoms with Gasteiger partial charge in [0.2, 0.25) is 0 Å². The van der Waals surface area contributed by atoms with Gasteiger partial charge in [0.15, 0.2) is 0 Å². The summed E-state index contributed by atoms with van der Waals surface area (Å²) in [5.74, 6) is -0.857. The summed E-state index contributed by atoms with van der Waals surface area (Å²) in [7, 11) is 0. The van der Waals surface area contributed by atoms with Gasteiger partial charge in [-0.2, -0.15) is 5.10 Å². The van der Waals surface area contributed by atoms with E-state index in [0.29, 0.717) is 17.8 Å². The van der Waals surface area contributed by atoms with Gasteiger partial charge in [-0.05, 0) is 20.3 Å². The number of nitrogens with zero attached hydrogens (tertiary/aromatic N) is 3. The predicted octanol–water partition coefficient (Wildman–Crippen LogP) is 1.25. The summed E-state index contributed by atoms with van der Waals surface area (Å²) in [5, 5.41) is 21.4. The Balaban J connectivity index is 2.60. The lowest BCUT2D eigenvalue weighted by molar-refractivity contribution is -0.137. The molecular formula is C12H19N5O3. The minimum Gasteiger partial charge on any atom is -0.481 e. The number of carbonyl (C=O) groups is 2. The van der Waals surface area contributed by atoms with Crippen LogP contribution < -0.4 is 10.6 Å². The number of aliphatic carboxylic acids is 1. The highest BCUT2D eigenvalue weighted by atomic mass is 16.4. The average Bonchev–Trinajstić information content (AvgIpc) is 2.33. The lowest BCUT2D eigenvalue weighted by atomic mass is 10.1. The molecule has 0 saturated carbocycles. The molecule has 1 heterocycles. The maximum Gasteiger partial charge on any atom is 0.321 e. The second kappa shape index (κ2) is 7.37. The Morgan fingerprint density at radius 3 is 2.50 bits per heavy atom. The molecule has 3 N–H and O–H groups in total. The maximum absolute atomic E-state index is 11.8. The number of amides is 2. The molecule has 0 aliphatic rings. The van der Waals surface area contributed by atoms with Crippen molar-refractivity contribution >= 4 is 17.9 Å². The Kier molecular flexibility index (Phi) is 5.82. The first kappa shape index (κ1) is 15.8. The van der Waals surface area contributed by atoms with Crippen molar-refractivity contribution in [3.8, 4) is 0 Å². The number of nitrogens with one attached hydrogen (secondary N) is 2. The van der Waals surface area contributed by atoms with E-state index in [1.54, 1.807) is 13.8 Å². The van der Waals surface area contributed by atoms with Gasteiger partial charge in [0.05, 0.1) is 17.8 Å². The van der Waals surface area contributed by atoms with E-state index in [1.807, 2.05) is 6.92 Å². The quantitative estimate of drug-likeness (QED) is 0.722. The molecule has 0 bridgehead atoms. The molecule has 0 spiro atoms. The van der Waals surface area contributed by atoms with Crippen molar-refractivity contribution in [2.24, 2.45) is 0 Å². The number of hydrogen-bond donors (Lipinski definition) is 3. The molecule has 1 atom stereocenters. The van der Waals surface area contributed by atoms with Crippen molar-refractivity contribution < 1.29 is 14.7 Å². The number of carboxylic acids is 1. The van der Waals surface area contributed by atoms with Crippen LogP contribution in [0.4, 0.5) is 10.7 Å². The third-order valence-electron chi connectivity index (χ3n) is 2.71. The fourth-order valence-corrected chi connectivity index (χ4v) is 1.62. The monoisotopic (exact) mass is 281 g/mol. The van der Waals surface area contributed by atoms with E-state index in [2.05, 4.69) is 25.8 Å². The fraction of sp³-hybridized carbons (Fsp3) is 0.583. The van der Waals surface area contributed by atoms with Gasteiger partial charge in [-0.3, -0.25) is 10.1 Å². The van der Waals surface area contributed by atoms with Crippen LogP contribution in [0.25, 0.3) is 0 Å². The summed E-state index contributed by atoms with van der Waals surface area (Å²) < 4.78 is 0. The highest BCUT2D eigenvalue weighted by Crippen LogP contribution is 2.04. The highest BCUT2D eigenvalue weighted by Gasteiger charge is 2.16. The number of anilines is 1. The van der Waals surface area contributed by atoms with E-state index >= 15 is 0 Å². The molecule has 1 unspecified atom stereocenters. The van der Waals surface area contributed by atoms with Crippen molar-refractivity contribution in [1.82, 2.24) is 20.5 Å². The lowest BCUT2D eigenvalue weighted by Crippen LogP contribution is -2.39. The Morgan fingerprint density at radius 2 is 1.95 bits per heavy atom. The largest absolute Gasteiger partial charge is 0.481 e. The molecule has 0 saturated heterocycles. The number of aromatic nitrogens is 3. The van der Waals surface area contributed by atoms with E-state index in [-0.39, 0.29) is 12.4 Å². The highest BCUT2D eigenvalue weighted by molar-refractivity contribution is 5.87. The SMILES string of the molecule is CCCC(CC(=O)O)NC(=O)Nc1nnc(C)c(C)n1. The first-order valence-corrected chi connectivity index (χ1v) is 6.39. The molecule has 1 aromatic rings. The van der Waals surface area contributed by atoms with Crippen molar-refractivity contribution in [2.45, 2.75) is 46.1 Å². The van der Waals surface area contributed by atoms with Gasteiger partial charge in [0.1, 0.15) is 0 Å². The van der Waals surface area contributed by atoms with Gasteiger partial charge in [-0.15, -0.1) is 5.10 Å². The predicted molar refractivity (Wildman–Crippen MR) is 72.4 cm³/mol. The van der Waals surface area contributed by atoms with Crippen LogP contribution in [0.15, 0.2) is 0 Å². The minimum atomic E-state index is -0.951. The van der Waals surface area contributed by atoms with E-state index in [0.717, 1.165) is 6.42 Å². The van der Waals surface area contributed by atoms with Crippen molar-refractivity contribution in [2.75, 3.05) is 5.32 Å². The van der Waals surface area contributed by atoms with Crippen LogP contribution in [0.2, 0.25) is 0 Å².